The first kappa shape index (κ1) is 30.2. The number of ether oxygens (including phenoxy) is 1. The van der Waals surface area contributed by atoms with E-state index >= 15 is 0 Å². The number of para-hydroxylation sites is 1. The molecular weight excluding hydrogens is 581 g/mol. The van der Waals surface area contributed by atoms with Crippen LogP contribution in [0.25, 0.3) is 0 Å². The van der Waals surface area contributed by atoms with Crippen LogP contribution < -0.4 is 21.0 Å². The monoisotopic (exact) mass is 609 g/mol. The lowest BCUT2D eigenvalue weighted by Gasteiger charge is -2.24. The number of esters is 1. The Morgan fingerprint density at radius 2 is 2.10 bits per heavy atom. The number of imidazole rings is 1. The van der Waals surface area contributed by atoms with Crippen molar-refractivity contribution in [3.8, 4) is 5.75 Å². The molecule has 4 rings (SSSR count). The highest BCUT2D eigenvalue weighted by atomic mass is 32.2. The Kier molecular flexibility index (Phi) is 9.45. The third-order valence-electron chi connectivity index (χ3n) is 6.03. The number of hydrogen-bond acceptors (Lipinski definition) is 13. The van der Waals surface area contributed by atoms with Crippen LogP contribution in [0.4, 0.5) is 11.8 Å². The molecule has 1 aliphatic rings. The van der Waals surface area contributed by atoms with E-state index in [1.54, 1.807) is 30.3 Å². The van der Waals surface area contributed by atoms with Crippen LogP contribution in [0.15, 0.2) is 53.6 Å². The number of nitrogens with zero attached hydrogens (tertiary/aromatic N) is 5. The molecule has 1 aliphatic heterocycles. The standard InChI is InChI=1S/C23H28N7O9PS/c1-14(21(32)37-12-15-11-25-22(28(15)2)30(34)35)27-40(36,39-16-6-4-3-5-7-16)38-13-18-17(31)10-20(41-18)29-9-8-19(24)26-23(29)33/h3-9,11,14,17-18,20,31H,10,12-13H2,1-2H3,(H,27,36)(H2,24,26,33)/t14-,17+,18+,20+,40?/m0/s1. The third-order valence-corrected chi connectivity index (χ3v) is 9.21. The molecule has 41 heavy (non-hydrogen) atoms. The third kappa shape index (κ3) is 7.51. The van der Waals surface area contributed by atoms with E-state index in [0.29, 0.717) is 0 Å². The highest BCUT2D eigenvalue weighted by Crippen LogP contribution is 2.48. The lowest BCUT2D eigenvalue weighted by atomic mass is 10.2. The Morgan fingerprint density at radius 1 is 1.37 bits per heavy atom. The van der Waals surface area contributed by atoms with Crippen molar-refractivity contribution in [2.24, 2.45) is 7.05 Å². The zero-order valence-electron chi connectivity index (χ0n) is 21.9. The van der Waals surface area contributed by atoms with Gasteiger partial charge >= 0.3 is 25.4 Å². The number of benzene rings is 1. The van der Waals surface area contributed by atoms with Crippen LogP contribution in [-0.4, -0.2) is 59.1 Å². The number of rotatable bonds is 12. The van der Waals surface area contributed by atoms with E-state index in [4.69, 9.17) is 19.5 Å². The van der Waals surface area contributed by atoms with Gasteiger partial charge in [-0.1, -0.05) is 23.2 Å². The Labute approximate surface area is 237 Å². The molecule has 3 aromatic rings. The smallest absolute Gasteiger partial charge is 0.456 e. The first-order chi connectivity index (χ1) is 19.5. The molecule has 0 spiro atoms. The van der Waals surface area contributed by atoms with Gasteiger partial charge in [0.15, 0.2) is 5.69 Å². The number of aromatic nitrogens is 4. The summed E-state index contributed by atoms with van der Waals surface area (Å²) < 4.78 is 32.8. The number of hydrogen-bond donors (Lipinski definition) is 3. The summed E-state index contributed by atoms with van der Waals surface area (Å²) in [4.78, 5) is 42.6. The second-order valence-corrected chi connectivity index (χ2v) is 12.1. The maximum Gasteiger partial charge on any atom is 0.459 e. The molecule has 3 heterocycles. The van der Waals surface area contributed by atoms with Crippen LogP contribution in [-0.2, 0) is 32.3 Å². The Morgan fingerprint density at radius 3 is 2.76 bits per heavy atom. The van der Waals surface area contributed by atoms with Crippen LogP contribution in [0.2, 0.25) is 0 Å². The van der Waals surface area contributed by atoms with Crippen molar-refractivity contribution < 1.29 is 33.2 Å². The van der Waals surface area contributed by atoms with Gasteiger partial charge in [0.25, 0.3) is 0 Å². The second kappa shape index (κ2) is 12.8. The van der Waals surface area contributed by atoms with Crippen molar-refractivity contribution in [2.45, 2.75) is 42.7 Å². The summed E-state index contributed by atoms with van der Waals surface area (Å²) in [5, 5.41) is 23.1. The van der Waals surface area contributed by atoms with Crippen LogP contribution in [0.5, 0.6) is 5.75 Å². The van der Waals surface area contributed by atoms with Crippen LogP contribution in [0.1, 0.15) is 24.4 Å². The van der Waals surface area contributed by atoms with Crippen LogP contribution in [0, 0.1) is 10.1 Å². The van der Waals surface area contributed by atoms with E-state index in [9.17, 15) is 29.4 Å². The van der Waals surface area contributed by atoms with Crippen LogP contribution >= 0.6 is 19.5 Å². The van der Waals surface area contributed by atoms with Crippen molar-refractivity contribution in [2.75, 3.05) is 12.3 Å². The first-order valence-electron chi connectivity index (χ1n) is 12.2. The molecule has 16 nitrogen and oxygen atoms in total. The van der Waals surface area contributed by atoms with Gasteiger partial charge in [0.05, 0.1) is 30.4 Å². The largest absolute Gasteiger partial charge is 0.459 e. The number of anilines is 1. The summed E-state index contributed by atoms with van der Waals surface area (Å²) >= 11 is 1.23. The summed E-state index contributed by atoms with van der Waals surface area (Å²) in [7, 11) is -2.82. The fourth-order valence-corrected chi connectivity index (χ4v) is 6.92. The molecule has 0 aliphatic carbocycles. The summed E-state index contributed by atoms with van der Waals surface area (Å²) in [5.74, 6) is -0.972. The van der Waals surface area contributed by atoms with E-state index < -0.39 is 53.0 Å². The minimum atomic E-state index is -4.23. The number of carbonyl (C=O) groups excluding carboxylic acids is 1. The van der Waals surface area contributed by atoms with Crippen molar-refractivity contribution in [1.82, 2.24) is 24.2 Å². The average molecular weight is 610 g/mol. The zero-order chi connectivity index (χ0) is 29.7. The highest BCUT2D eigenvalue weighted by molar-refractivity contribution is 8.00. The maximum absolute atomic E-state index is 13.8. The van der Waals surface area contributed by atoms with Gasteiger partial charge in [-0.2, -0.15) is 10.1 Å². The normalized spacial score (nSPS) is 20.7. The number of aliphatic hydroxyl groups is 1. The zero-order valence-corrected chi connectivity index (χ0v) is 23.6. The van der Waals surface area contributed by atoms with E-state index in [1.165, 1.54) is 53.3 Å². The van der Waals surface area contributed by atoms with Crippen molar-refractivity contribution in [3.63, 3.8) is 0 Å². The number of carbonyl (C=O) groups is 1. The molecule has 220 valence electrons. The van der Waals surface area contributed by atoms with Crippen molar-refractivity contribution in [3.05, 3.63) is 75.1 Å². The second-order valence-electron chi connectivity index (χ2n) is 9.00. The molecule has 4 N–H and O–H groups in total. The van der Waals surface area contributed by atoms with Crippen molar-refractivity contribution in [1.29, 1.82) is 0 Å². The molecule has 18 heteroatoms. The Hall–Kier alpha value is -3.76. The summed E-state index contributed by atoms with van der Waals surface area (Å²) in [6.45, 7) is 0.809. The quantitative estimate of drug-likeness (QED) is 0.115. The fourth-order valence-electron chi connectivity index (χ4n) is 3.86. The SMILES string of the molecule is C[C@H](NP(=O)(OC[C@H]1S[C@@H](n2ccc(N)nc2=O)C[C@H]1O)Oc1ccccc1)C(=O)OCc1cnc([N+](=O)[O-])n1C. The number of thioether (sulfide) groups is 1. The lowest BCUT2D eigenvalue weighted by Crippen LogP contribution is -2.36. The van der Waals surface area contributed by atoms with Crippen molar-refractivity contribution >= 4 is 37.2 Å². The maximum atomic E-state index is 13.8. The van der Waals surface area contributed by atoms with Gasteiger partial charge in [0, 0.05) is 12.6 Å². The van der Waals surface area contributed by atoms with E-state index in [1.807, 2.05) is 0 Å². The minimum Gasteiger partial charge on any atom is -0.456 e. The molecule has 1 unspecified atom stereocenters. The predicted molar refractivity (Wildman–Crippen MR) is 147 cm³/mol. The molecule has 1 saturated heterocycles. The van der Waals surface area contributed by atoms with E-state index in [-0.39, 0.29) is 36.9 Å². The van der Waals surface area contributed by atoms with Gasteiger partial charge in [-0.25, -0.2) is 13.9 Å². The summed E-state index contributed by atoms with van der Waals surface area (Å²) in [6.07, 6.45) is 1.99. The topological polar surface area (TPSA) is 216 Å². The van der Waals surface area contributed by atoms with Gasteiger partial charge in [0.2, 0.25) is 0 Å². The molecule has 0 radical (unpaired) electrons. The average Bonchev–Trinajstić information content (AvgIpc) is 3.48. The summed E-state index contributed by atoms with van der Waals surface area (Å²) in [6, 6.07) is 8.42. The molecule has 1 fully saturated rings. The Balaban J connectivity index is 1.42. The number of nitrogens with two attached hydrogens (primary N) is 1. The highest BCUT2D eigenvalue weighted by Gasteiger charge is 2.39. The molecule has 0 bridgehead atoms. The molecule has 1 aromatic carbocycles. The van der Waals surface area contributed by atoms with Crippen LogP contribution in [0.3, 0.4) is 0 Å². The van der Waals surface area contributed by atoms with E-state index in [2.05, 4.69) is 15.1 Å². The van der Waals surface area contributed by atoms with Gasteiger partial charge in [-0.3, -0.25) is 13.9 Å². The van der Waals surface area contributed by atoms with Gasteiger partial charge in [-0.05, 0) is 30.0 Å². The molecular formula is C23H28N7O9PS. The number of aliphatic hydroxyl groups excluding tert-OH is 1. The summed E-state index contributed by atoms with van der Waals surface area (Å²) in [5.41, 5.74) is 5.26. The van der Waals surface area contributed by atoms with Gasteiger partial charge < -0.3 is 30.2 Å². The first-order valence-corrected chi connectivity index (χ1v) is 14.7. The van der Waals surface area contributed by atoms with Gasteiger partial charge in [-0.15, -0.1) is 11.8 Å². The number of nitrogens with one attached hydrogen (secondary N) is 1. The molecule has 0 saturated carbocycles. The minimum absolute atomic E-state index is 0.0778. The Bertz CT molecular complexity index is 1500. The number of nitrogen functional groups attached to an aromatic ring is 1. The van der Waals surface area contributed by atoms with E-state index in [0.717, 1.165) is 0 Å². The number of nitro groups is 1. The fraction of sp³-hybridized carbons (Fsp3) is 0.391. The van der Waals surface area contributed by atoms with Gasteiger partial charge in [0.1, 0.15) is 30.4 Å². The molecule has 0 amide bonds. The predicted octanol–water partition coefficient (Wildman–Crippen LogP) is 1.76. The lowest BCUT2D eigenvalue weighted by molar-refractivity contribution is -0.396. The molecule has 2 aromatic heterocycles. The molecule has 5 atom stereocenters.